The predicted octanol–water partition coefficient (Wildman–Crippen LogP) is 6.21. The zero-order valence-corrected chi connectivity index (χ0v) is 19.6. The summed E-state index contributed by atoms with van der Waals surface area (Å²) in [5.74, 6) is 2.08. The number of amides is 1. The van der Waals surface area contributed by atoms with Crippen molar-refractivity contribution in [3.8, 4) is 0 Å². The van der Waals surface area contributed by atoms with Gasteiger partial charge in [0.2, 0.25) is 5.91 Å². The minimum atomic E-state index is 0.0226. The Morgan fingerprint density at radius 3 is 2.56 bits per heavy atom. The molecule has 0 fully saturated rings. The number of nitrogens with one attached hydrogen (secondary N) is 1. The third-order valence-corrected chi connectivity index (χ3v) is 7.46. The van der Waals surface area contributed by atoms with Gasteiger partial charge in [0.1, 0.15) is 5.82 Å². The molecule has 4 nitrogen and oxygen atoms in total. The second-order valence-electron chi connectivity index (χ2n) is 8.74. The molecule has 34 heavy (non-hydrogen) atoms. The molecule has 1 aliphatic carbocycles. The van der Waals surface area contributed by atoms with E-state index in [2.05, 4.69) is 70.5 Å². The summed E-state index contributed by atoms with van der Waals surface area (Å²) >= 11 is 1.60. The van der Waals surface area contributed by atoms with Gasteiger partial charge in [-0.1, -0.05) is 66.7 Å². The van der Waals surface area contributed by atoms with Crippen LogP contribution in [0, 0.1) is 0 Å². The molecule has 6 rings (SSSR count). The Labute approximate surface area is 203 Å². The van der Waals surface area contributed by atoms with Crippen LogP contribution >= 0.6 is 11.8 Å². The summed E-state index contributed by atoms with van der Waals surface area (Å²) in [5, 5.41) is 5.62. The smallest absolute Gasteiger partial charge is 0.234 e. The first-order chi connectivity index (χ1) is 16.8. The third kappa shape index (κ3) is 3.97. The van der Waals surface area contributed by atoms with Crippen molar-refractivity contribution in [2.45, 2.75) is 25.1 Å². The van der Waals surface area contributed by atoms with E-state index >= 15 is 0 Å². The average molecular weight is 464 g/mol. The van der Waals surface area contributed by atoms with Gasteiger partial charge in [0.25, 0.3) is 0 Å². The number of hydrogen-bond acceptors (Lipinski definition) is 3. The van der Waals surface area contributed by atoms with Gasteiger partial charge in [-0.25, -0.2) is 4.98 Å². The summed E-state index contributed by atoms with van der Waals surface area (Å²) in [6, 6.07) is 29.3. The Kier molecular flexibility index (Phi) is 5.55. The van der Waals surface area contributed by atoms with Crippen LogP contribution in [-0.4, -0.2) is 21.2 Å². The van der Waals surface area contributed by atoms with Crippen molar-refractivity contribution >= 4 is 45.2 Å². The standard InChI is InChI=1S/C29H25N3OS/c33-28(31-24-16-15-22-14-13-21-9-6-10-23(24)29(21)22)19-34-18-27-30-25-11-4-5-12-26(25)32(27)17-20-7-2-1-3-8-20/h1-12,15-16H,13-14,17-19H2,(H,31,33). The van der Waals surface area contributed by atoms with Crippen LogP contribution in [0.15, 0.2) is 84.9 Å². The highest BCUT2D eigenvalue weighted by molar-refractivity contribution is 7.99. The predicted molar refractivity (Wildman–Crippen MR) is 141 cm³/mol. The molecular formula is C29H25N3OS. The molecule has 0 aliphatic heterocycles. The molecular weight excluding hydrogens is 438 g/mol. The maximum absolute atomic E-state index is 12.8. The number of thioether (sulfide) groups is 1. The number of carbonyl (C=O) groups is 1. The van der Waals surface area contributed by atoms with Crippen LogP contribution in [0.25, 0.3) is 21.8 Å². The van der Waals surface area contributed by atoms with E-state index in [1.165, 1.54) is 22.1 Å². The summed E-state index contributed by atoms with van der Waals surface area (Å²) in [6.45, 7) is 0.768. The van der Waals surface area contributed by atoms with Gasteiger partial charge in [0.05, 0.1) is 22.5 Å². The zero-order valence-electron chi connectivity index (χ0n) is 18.8. The number of carbonyl (C=O) groups excluding carboxylic acids is 1. The van der Waals surface area contributed by atoms with E-state index in [4.69, 9.17) is 4.98 Å². The van der Waals surface area contributed by atoms with E-state index in [1.807, 2.05) is 24.3 Å². The molecule has 0 bridgehead atoms. The molecule has 5 aromatic rings. The number of aryl methyl sites for hydroxylation is 2. The van der Waals surface area contributed by atoms with Crippen molar-refractivity contribution in [2.75, 3.05) is 11.1 Å². The van der Waals surface area contributed by atoms with E-state index in [-0.39, 0.29) is 5.91 Å². The van der Waals surface area contributed by atoms with Crippen LogP contribution in [0.5, 0.6) is 0 Å². The van der Waals surface area contributed by atoms with Crippen LogP contribution in [0.1, 0.15) is 22.5 Å². The largest absolute Gasteiger partial charge is 0.325 e. The van der Waals surface area contributed by atoms with E-state index in [0.29, 0.717) is 11.5 Å². The number of fused-ring (bicyclic) bond motifs is 1. The van der Waals surface area contributed by atoms with Gasteiger partial charge in [-0.05, 0) is 53.1 Å². The molecule has 0 radical (unpaired) electrons. The molecule has 0 spiro atoms. The number of imidazole rings is 1. The molecule has 0 saturated carbocycles. The summed E-state index contributed by atoms with van der Waals surface area (Å²) < 4.78 is 2.26. The molecule has 1 heterocycles. The molecule has 5 heteroatoms. The zero-order chi connectivity index (χ0) is 22.9. The Balaban J connectivity index is 1.17. The quantitative estimate of drug-likeness (QED) is 0.312. The summed E-state index contributed by atoms with van der Waals surface area (Å²) in [6.07, 6.45) is 2.17. The lowest BCUT2D eigenvalue weighted by Gasteiger charge is -2.11. The maximum Gasteiger partial charge on any atom is 0.234 e. The summed E-state index contributed by atoms with van der Waals surface area (Å²) in [4.78, 5) is 17.7. The SMILES string of the molecule is O=C(CSCc1nc2ccccc2n1Cc1ccccc1)Nc1ccc2c3c(cccc13)CC2. The maximum atomic E-state index is 12.8. The van der Waals surface area contributed by atoms with E-state index in [9.17, 15) is 4.79 Å². The third-order valence-electron chi connectivity index (χ3n) is 6.53. The first kappa shape index (κ1) is 21.0. The number of hydrogen-bond donors (Lipinski definition) is 1. The van der Waals surface area contributed by atoms with Crippen LogP contribution in [0.4, 0.5) is 5.69 Å². The van der Waals surface area contributed by atoms with Crippen LogP contribution in [0.3, 0.4) is 0 Å². The number of benzene rings is 4. The average Bonchev–Trinajstić information content (AvgIpc) is 3.44. The van der Waals surface area contributed by atoms with Crippen LogP contribution < -0.4 is 5.32 Å². The van der Waals surface area contributed by atoms with Crippen LogP contribution in [-0.2, 0) is 29.9 Å². The molecule has 0 unspecified atom stereocenters. The fraction of sp³-hybridized carbons (Fsp3) is 0.172. The van der Waals surface area contributed by atoms with Crippen molar-refractivity contribution in [1.82, 2.24) is 9.55 Å². The van der Waals surface area contributed by atoms with Gasteiger partial charge in [-0.2, -0.15) is 0 Å². The highest BCUT2D eigenvalue weighted by atomic mass is 32.2. The van der Waals surface area contributed by atoms with E-state index in [0.717, 1.165) is 47.3 Å². The molecule has 4 aromatic carbocycles. The van der Waals surface area contributed by atoms with Gasteiger partial charge < -0.3 is 9.88 Å². The van der Waals surface area contributed by atoms with Crippen molar-refractivity contribution in [3.63, 3.8) is 0 Å². The van der Waals surface area contributed by atoms with Gasteiger partial charge in [0.15, 0.2) is 0 Å². The minimum Gasteiger partial charge on any atom is -0.325 e. The Morgan fingerprint density at radius 1 is 0.882 bits per heavy atom. The van der Waals surface area contributed by atoms with Gasteiger partial charge in [0, 0.05) is 17.6 Å². The van der Waals surface area contributed by atoms with Crippen molar-refractivity contribution in [2.24, 2.45) is 0 Å². The first-order valence-electron chi connectivity index (χ1n) is 11.7. The highest BCUT2D eigenvalue weighted by Gasteiger charge is 2.17. The Hall–Kier alpha value is -3.57. The van der Waals surface area contributed by atoms with Crippen LogP contribution in [0.2, 0.25) is 0 Å². The van der Waals surface area contributed by atoms with Gasteiger partial charge in [-0.15, -0.1) is 11.8 Å². The molecule has 0 saturated heterocycles. The molecule has 0 atom stereocenters. The van der Waals surface area contributed by atoms with Crippen molar-refractivity contribution < 1.29 is 4.79 Å². The monoisotopic (exact) mass is 463 g/mol. The molecule has 1 aromatic heterocycles. The molecule has 1 amide bonds. The molecule has 168 valence electrons. The summed E-state index contributed by atoms with van der Waals surface area (Å²) in [5.41, 5.74) is 7.03. The number of nitrogens with zero attached hydrogens (tertiary/aromatic N) is 2. The van der Waals surface area contributed by atoms with E-state index in [1.54, 1.807) is 11.8 Å². The normalized spacial score (nSPS) is 12.5. The number of rotatable bonds is 7. The van der Waals surface area contributed by atoms with E-state index < -0.39 is 0 Å². The molecule has 1 aliphatic rings. The fourth-order valence-corrected chi connectivity index (χ4v) is 5.72. The minimum absolute atomic E-state index is 0.0226. The summed E-state index contributed by atoms with van der Waals surface area (Å²) in [7, 11) is 0. The molecule has 1 N–H and O–H groups in total. The number of anilines is 1. The number of para-hydroxylation sites is 2. The Bertz CT molecular complexity index is 1500. The first-order valence-corrected chi connectivity index (χ1v) is 12.8. The lowest BCUT2D eigenvalue weighted by molar-refractivity contribution is -0.113. The topological polar surface area (TPSA) is 46.9 Å². The fourth-order valence-electron chi connectivity index (χ4n) is 4.96. The highest BCUT2D eigenvalue weighted by Crippen LogP contribution is 2.35. The lowest BCUT2D eigenvalue weighted by atomic mass is 10.0. The van der Waals surface area contributed by atoms with Gasteiger partial charge >= 0.3 is 0 Å². The van der Waals surface area contributed by atoms with Crippen molar-refractivity contribution in [3.05, 3.63) is 107 Å². The van der Waals surface area contributed by atoms with Gasteiger partial charge in [-0.3, -0.25) is 4.79 Å². The second kappa shape index (κ2) is 8.99. The number of aromatic nitrogens is 2. The Morgan fingerprint density at radius 2 is 1.68 bits per heavy atom. The van der Waals surface area contributed by atoms with Crippen molar-refractivity contribution in [1.29, 1.82) is 0 Å². The lowest BCUT2D eigenvalue weighted by Crippen LogP contribution is -2.15. The second-order valence-corrected chi connectivity index (χ2v) is 9.73.